The third-order valence-corrected chi connectivity index (χ3v) is 6.31. The first-order valence-corrected chi connectivity index (χ1v) is 8.85. The molecule has 0 unspecified atom stereocenters. The first kappa shape index (κ1) is 14.0. The first-order chi connectivity index (χ1) is 10.0. The van der Waals surface area contributed by atoms with Crippen molar-refractivity contribution >= 4 is 39.1 Å². The second-order valence-electron chi connectivity index (χ2n) is 7.12. The molecule has 1 aromatic heterocycles. The Morgan fingerprint density at radius 2 is 1.76 bits per heavy atom. The van der Waals surface area contributed by atoms with Gasteiger partial charge < -0.3 is 5.32 Å². The molecule has 5 heteroatoms. The molecule has 4 saturated carbocycles. The smallest absolute Gasteiger partial charge is 0.230 e. The summed E-state index contributed by atoms with van der Waals surface area (Å²) in [6, 6.07) is 3.62. The van der Waals surface area contributed by atoms with Crippen molar-refractivity contribution in [2.75, 3.05) is 5.32 Å². The minimum Gasteiger partial charge on any atom is -0.323 e. The van der Waals surface area contributed by atoms with Gasteiger partial charge in [0.2, 0.25) is 5.91 Å². The number of carbonyl (C=O) groups is 1. The molecule has 3 nitrogen and oxygen atoms in total. The highest BCUT2D eigenvalue weighted by molar-refractivity contribution is 9.10. The summed E-state index contributed by atoms with van der Waals surface area (Å²) in [4.78, 5) is 17.0. The van der Waals surface area contributed by atoms with Crippen molar-refractivity contribution in [1.29, 1.82) is 0 Å². The lowest BCUT2D eigenvalue weighted by Gasteiger charge is -2.55. The van der Waals surface area contributed by atoms with E-state index in [1.807, 2.05) is 6.07 Å². The summed E-state index contributed by atoms with van der Waals surface area (Å²) in [6.07, 6.45) is 7.21. The van der Waals surface area contributed by atoms with Crippen LogP contribution in [-0.2, 0) is 4.79 Å². The van der Waals surface area contributed by atoms with Crippen LogP contribution in [0.15, 0.2) is 16.7 Å². The van der Waals surface area contributed by atoms with Gasteiger partial charge in [-0.1, -0.05) is 11.6 Å². The third-order valence-electron chi connectivity index (χ3n) is 5.58. The Hall–Kier alpha value is -0.610. The van der Waals surface area contributed by atoms with Gasteiger partial charge in [-0.3, -0.25) is 4.79 Å². The zero-order valence-corrected chi connectivity index (χ0v) is 14.1. The van der Waals surface area contributed by atoms with E-state index in [1.54, 1.807) is 6.07 Å². The van der Waals surface area contributed by atoms with Gasteiger partial charge in [-0.25, -0.2) is 4.98 Å². The molecule has 0 saturated heterocycles. The number of rotatable bonds is 2. The van der Waals surface area contributed by atoms with Crippen molar-refractivity contribution < 1.29 is 4.79 Å². The maximum atomic E-state index is 12.9. The van der Waals surface area contributed by atoms with E-state index in [9.17, 15) is 4.79 Å². The molecule has 0 spiro atoms. The van der Waals surface area contributed by atoms with Crippen molar-refractivity contribution in [2.24, 2.45) is 23.2 Å². The molecule has 0 aromatic carbocycles. The minimum absolute atomic E-state index is 0.148. The van der Waals surface area contributed by atoms with Crippen LogP contribution in [0.1, 0.15) is 38.5 Å². The van der Waals surface area contributed by atoms with E-state index in [1.165, 1.54) is 19.3 Å². The number of aromatic nitrogens is 1. The number of anilines is 1. The number of nitrogens with one attached hydrogen (secondary N) is 1. The molecule has 0 atom stereocenters. The number of amides is 1. The van der Waals surface area contributed by atoms with Crippen LogP contribution in [-0.4, -0.2) is 10.9 Å². The molecule has 1 heterocycles. The van der Waals surface area contributed by atoms with E-state index < -0.39 is 0 Å². The van der Waals surface area contributed by atoms with Crippen LogP contribution in [0.5, 0.6) is 0 Å². The zero-order chi connectivity index (χ0) is 14.6. The SMILES string of the molecule is O=C(Nc1ccc(Br)nc1Cl)C12CC3CC(CC(C3)C1)C2. The molecule has 4 aliphatic rings. The van der Waals surface area contributed by atoms with Gasteiger partial charge in [0.15, 0.2) is 5.15 Å². The predicted molar refractivity (Wildman–Crippen MR) is 86.2 cm³/mol. The molecule has 1 aromatic rings. The molecule has 4 bridgehead atoms. The first-order valence-electron chi connectivity index (χ1n) is 7.67. The van der Waals surface area contributed by atoms with Crippen LogP contribution < -0.4 is 5.32 Å². The highest BCUT2D eigenvalue weighted by Crippen LogP contribution is 2.60. The number of nitrogens with zero attached hydrogens (tertiary/aromatic N) is 1. The maximum Gasteiger partial charge on any atom is 0.230 e. The van der Waals surface area contributed by atoms with Crippen molar-refractivity contribution in [2.45, 2.75) is 38.5 Å². The van der Waals surface area contributed by atoms with Gasteiger partial charge in [0.05, 0.1) is 11.1 Å². The summed E-state index contributed by atoms with van der Waals surface area (Å²) in [6.45, 7) is 0. The molecule has 5 rings (SSSR count). The molecule has 1 N–H and O–H groups in total. The third kappa shape index (κ3) is 2.40. The maximum absolute atomic E-state index is 12.9. The van der Waals surface area contributed by atoms with Crippen LogP contribution in [0.2, 0.25) is 5.15 Å². The van der Waals surface area contributed by atoms with Crippen molar-refractivity contribution in [3.05, 3.63) is 21.9 Å². The number of carbonyl (C=O) groups excluding carboxylic acids is 1. The lowest BCUT2D eigenvalue weighted by molar-refractivity contribution is -0.140. The van der Waals surface area contributed by atoms with Gasteiger partial charge in [-0.2, -0.15) is 0 Å². The lowest BCUT2D eigenvalue weighted by Crippen LogP contribution is -2.51. The standard InChI is InChI=1S/C16H18BrClN2O/c17-13-2-1-12(14(18)20-13)19-15(21)16-6-9-3-10(7-16)5-11(4-9)8-16/h1-2,9-11H,3-8H2,(H,19,21). The van der Waals surface area contributed by atoms with E-state index in [-0.39, 0.29) is 11.3 Å². The number of pyridine rings is 1. The lowest BCUT2D eigenvalue weighted by atomic mass is 9.49. The fraction of sp³-hybridized carbons (Fsp3) is 0.625. The predicted octanol–water partition coefficient (Wildman–Crippen LogP) is 4.65. The van der Waals surface area contributed by atoms with Gasteiger partial charge >= 0.3 is 0 Å². The van der Waals surface area contributed by atoms with E-state index in [0.29, 0.717) is 15.4 Å². The molecule has 112 valence electrons. The Bertz CT molecular complexity index is 569. The number of hydrogen-bond acceptors (Lipinski definition) is 2. The van der Waals surface area contributed by atoms with Crippen molar-refractivity contribution in [3.8, 4) is 0 Å². The monoisotopic (exact) mass is 368 g/mol. The van der Waals surface area contributed by atoms with Crippen LogP contribution >= 0.6 is 27.5 Å². The van der Waals surface area contributed by atoms with E-state index in [4.69, 9.17) is 11.6 Å². The Morgan fingerprint density at radius 1 is 1.19 bits per heavy atom. The van der Waals surface area contributed by atoms with Gasteiger partial charge in [-0.05, 0) is 84.3 Å². The normalized spacial score (nSPS) is 36.8. The Morgan fingerprint density at radius 3 is 2.29 bits per heavy atom. The number of halogens is 2. The largest absolute Gasteiger partial charge is 0.323 e. The minimum atomic E-state index is -0.148. The summed E-state index contributed by atoms with van der Waals surface area (Å²) < 4.78 is 0.681. The van der Waals surface area contributed by atoms with Gasteiger partial charge in [-0.15, -0.1) is 0 Å². The average molecular weight is 370 g/mol. The van der Waals surface area contributed by atoms with Gasteiger partial charge in [0.25, 0.3) is 0 Å². The van der Waals surface area contributed by atoms with Gasteiger partial charge in [0.1, 0.15) is 4.60 Å². The Kier molecular flexibility index (Phi) is 3.30. The van der Waals surface area contributed by atoms with E-state index >= 15 is 0 Å². The molecular weight excluding hydrogens is 352 g/mol. The van der Waals surface area contributed by atoms with E-state index in [0.717, 1.165) is 37.0 Å². The highest BCUT2D eigenvalue weighted by Gasteiger charge is 2.54. The molecule has 4 fully saturated rings. The second kappa shape index (κ2) is 4.95. The molecule has 1 amide bonds. The summed E-state index contributed by atoms with van der Waals surface area (Å²) >= 11 is 9.41. The topological polar surface area (TPSA) is 42.0 Å². The van der Waals surface area contributed by atoms with Crippen LogP contribution in [0.25, 0.3) is 0 Å². The molecular formula is C16H18BrClN2O. The fourth-order valence-electron chi connectivity index (χ4n) is 5.15. The van der Waals surface area contributed by atoms with Crippen LogP contribution in [0.3, 0.4) is 0 Å². The quantitative estimate of drug-likeness (QED) is 0.771. The fourth-order valence-corrected chi connectivity index (χ4v) is 5.76. The summed E-state index contributed by atoms with van der Waals surface area (Å²) in [5.74, 6) is 2.45. The summed E-state index contributed by atoms with van der Waals surface area (Å²) in [5, 5.41) is 3.39. The van der Waals surface area contributed by atoms with E-state index in [2.05, 4.69) is 26.2 Å². The molecule has 21 heavy (non-hydrogen) atoms. The zero-order valence-electron chi connectivity index (χ0n) is 11.7. The molecule has 4 aliphatic carbocycles. The summed E-state index contributed by atoms with van der Waals surface area (Å²) in [7, 11) is 0. The Balaban J connectivity index is 1.57. The second-order valence-corrected chi connectivity index (χ2v) is 8.29. The van der Waals surface area contributed by atoms with Crippen LogP contribution in [0.4, 0.5) is 5.69 Å². The van der Waals surface area contributed by atoms with Gasteiger partial charge in [0, 0.05) is 0 Å². The molecule has 0 radical (unpaired) electrons. The molecule has 0 aliphatic heterocycles. The van der Waals surface area contributed by atoms with Crippen LogP contribution in [0, 0.1) is 23.2 Å². The number of hydrogen-bond donors (Lipinski definition) is 1. The summed E-state index contributed by atoms with van der Waals surface area (Å²) in [5.41, 5.74) is 0.478. The highest BCUT2D eigenvalue weighted by atomic mass is 79.9. The Labute approximate surface area is 138 Å². The van der Waals surface area contributed by atoms with Crippen molar-refractivity contribution in [3.63, 3.8) is 0 Å². The van der Waals surface area contributed by atoms with Crippen molar-refractivity contribution in [1.82, 2.24) is 4.98 Å². The average Bonchev–Trinajstić information content (AvgIpc) is 2.40.